The van der Waals surface area contributed by atoms with E-state index < -0.39 is 22.9 Å². The van der Waals surface area contributed by atoms with Gasteiger partial charge in [-0.2, -0.15) is 0 Å². The van der Waals surface area contributed by atoms with Crippen LogP contribution in [0.1, 0.15) is 17.7 Å². The molecule has 1 aromatic rings. The fraction of sp³-hybridized carbons (Fsp3) is 0.286. The molecule has 1 heterocycles. The molecule has 0 amide bonds. The summed E-state index contributed by atoms with van der Waals surface area (Å²) in [6.07, 6.45) is -2.90. The Labute approximate surface area is 83.0 Å². The van der Waals surface area contributed by atoms with Crippen molar-refractivity contribution in [1.82, 2.24) is 4.98 Å². The number of halogens is 2. The molecule has 0 aliphatic heterocycles. The SMILES string of the molecule is NCc1c(N)cc(C(F)F)nc1[N+](=O)[O-]. The molecule has 6 nitrogen and oxygen atoms in total. The Hall–Kier alpha value is -1.83. The van der Waals surface area contributed by atoms with Crippen molar-refractivity contribution in [2.45, 2.75) is 13.0 Å². The molecular formula is C7H8F2N4O2. The lowest BCUT2D eigenvalue weighted by Gasteiger charge is -2.04. The quantitative estimate of drug-likeness (QED) is 0.580. The fourth-order valence-electron chi connectivity index (χ4n) is 1.07. The van der Waals surface area contributed by atoms with Crippen molar-refractivity contribution >= 4 is 11.5 Å². The number of alkyl halides is 2. The first-order chi connectivity index (χ1) is 6.97. The van der Waals surface area contributed by atoms with Crippen molar-refractivity contribution in [3.05, 3.63) is 27.4 Å². The number of pyridine rings is 1. The zero-order chi connectivity index (χ0) is 11.6. The summed E-state index contributed by atoms with van der Waals surface area (Å²) < 4.78 is 24.5. The van der Waals surface area contributed by atoms with Crippen LogP contribution < -0.4 is 11.5 Å². The topological polar surface area (TPSA) is 108 Å². The van der Waals surface area contributed by atoms with E-state index >= 15 is 0 Å². The number of nitrogen functional groups attached to an aromatic ring is 1. The van der Waals surface area contributed by atoms with Crippen LogP contribution in [-0.4, -0.2) is 9.91 Å². The van der Waals surface area contributed by atoms with Crippen molar-refractivity contribution in [2.75, 3.05) is 5.73 Å². The molecule has 82 valence electrons. The van der Waals surface area contributed by atoms with E-state index in [4.69, 9.17) is 11.5 Å². The molecule has 0 aliphatic rings. The Kier molecular flexibility index (Phi) is 3.10. The smallest absolute Gasteiger partial charge is 0.370 e. The van der Waals surface area contributed by atoms with E-state index in [0.29, 0.717) is 0 Å². The van der Waals surface area contributed by atoms with Crippen molar-refractivity contribution in [1.29, 1.82) is 0 Å². The van der Waals surface area contributed by atoms with E-state index in [2.05, 4.69) is 4.98 Å². The van der Waals surface area contributed by atoms with Gasteiger partial charge in [0.15, 0.2) is 0 Å². The Morgan fingerprint density at radius 3 is 2.60 bits per heavy atom. The van der Waals surface area contributed by atoms with Crippen molar-refractivity contribution in [2.24, 2.45) is 5.73 Å². The molecule has 0 radical (unpaired) electrons. The minimum absolute atomic E-state index is 0.0376. The van der Waals surface area contributed by atoms with E-state index in [0.717, 1.165) is 6.07 Å². The Morgan fingerprint density at radius 1 is 1.60 bits per heavy atom. The van der Waals surface area contributed by atoms with Gasteiger partial charge in [-0.15, -0.1) is 0 Å². The number of nitro groups is 1. The monoisotopic (exact) mass is 218 g/mol. The van der Waals surface area contributed by atoms with E-state index in [-0.39, 0.29) is 17.8 Å². The van der Waals surface area contributed by atoms with Crippen LogP contribution in [0.4, 0.5) is 20.3 Å². The third kappa shape index (κ3) is 2.15. The summed E-state index contributed by atoms with van der Waals surface area (Å²) in [6.45, 7) is -0.224. The van der Waals surface area contributed by atoms with Gasteiger partial charge in [0.25, 0.3) is 0 Å². The van der Waals surface area contributed by atoms with Crippen LogP contribution in [0.25, 0.3) is 0 Å². The summed E-state index contributed by atoms with van der Waals surface area (Å²) in [4.78, 5) is 12.8. The van der Waals surface area contributed by atoms with Crippen LogP contribution >= 0.6 is 0 Å². The molecule has 8 heteroatoms. The maximum Gasteiger partial charge on any atom is 0.370 e. The van der Waals surface area contributed by atoms with Gasteiger partial charge >= 0.3 is 12.2 Å². The molecular weight excluding hydrogens is 210 g/mol. The largest absolute Gasteiger partial charge is 0.398 e. The summed E-state index contributed by atoms with van der Waals surface area (Å²) in [5.74, 6) is -0.715. The number of nitrogens with two attached hydrogens (primary N) is 2. The van der Waals surface area contributed by atoms with E-state index in [1.807, 2.05) is 0 Å². The minimum atomic E-state index is -2.90. The highest BCUT2D eigenvalue weighted by Gasteiger charge is 2.24. The normalized spacial score (nSPS) is 10.7. The molecule has 0 fully saturated rings. The minimum Gasteiger partial charge on any atom is -0.398 e. The van der Waals surface area contributed by atoms with Gasteiger partial charge in [0, 0.05) is 18.3 Å². The maximum absolute atomic E-state index is 12.3. The van der Waals surface area contributed by atoms with Crippen molar-refractivity contribution in [3.63, 3.8) is 0 Å². The molecule has 15 heavy (non-hydrogen) atoms. The first-order valence-corrected chi connectivity index (χ1v) is 3.89. The second-order valence-corrected chi connectivity index (χ2v) is 2.70. The number of aromatic nitrogens is 1. The maximum atomic E-state index is 12.3. The Morgan fingerprint density at radius 2 is 2.20 bits per heavy atom. The second kappa shape index (κ2) is 4.13. The predicted molar refractivity (Wildman–Crippen MR) is 48.2 cm³/mol. The van der Waals surface area contributed by atoms with Gasteiger partial charge in [0.05, 0.1) is 5.56 Å². The van der Waals surface area contributed by atoms with Gasteiger partial charge < -0.3 is 21.6 Å². The fourth-order valence-corrected chi connectivity index (χ4v) is 1.07. The number of nitrogens with zero attached hydrogens (tertiary/aromatic N) is 2. The lowest BCUT2D eigenvalue weighted by Crippen LogP contribution is -2.09. The van der Waals surface area contributed by atoms with Crippen LogP contribution in [-0.2, 0) is 6.54 Å². The summed E-state index contributed by atoms with van der Waals surface area (Å²) in [5.41, 5.74) is 9.65. The molecule has 1 rings (SSSR count). The first kappa shape index (κ1) is 11.2. The molecule has 4 N–H and O–H groups in total. The van der Waals surface area contributed by atoms with Gasteiger partial charge in [0.1, 0.15) is 0 Å². The van der Waals surface area contributed by atoms with E-state index in [1.54, 1.807) is 0 Å². The summed E-state index contributed by atoms with van der Waals surface area (Å²) >= 11 is 0. The number of rotatable bonds is 3. The lowest BCUT2D eigenvalue weighted by atomic mass is 10.2. The van der Waals surface area contributed by atoms with E-state index in [9.17, 15) is 18.9 Å². The van der Waals surface area contributed by atoms with Crippen LogP contribution in [0.15, 0.2) is 6.07 Å². The van der Waals surface area contributed by atoms with E-state index in [1.165, 1.54) is 0 Å². The second-order valence-electron chi connectivity index (χ2n) is 2.70. The van der Waals surface area contributed by atoms with Gasteiger partial charge in [-0.25, -0.2) is 8.78 Å². The van der Waals surface area contributed by atoms with Gasteiger partial charge in [0.2, 0.25) is 5.69 Å². The van der Waals surface area contributed by atoms with Crippen LogP contribution in [0.3, 0.4) is 0 Å². The van der Waals surface area contributed by atoms with Crippen molar-refractivity contribution in [3.8, 4) is 0 Å². The summed E-state index contributed by atoms with van der Waals surface area (Å²) in [6, 6.07) is 0.889. The Bertz CT molecular complexity index is 397. The molecule has 0 bridgehead atoms. The Balaban J connectivity index is 3.38. The zero-order valence-electron chi connectivity index (χ0n) is 7.48. The molecule has 0 aromatic carbocycles. The molecule has 0 atom stereocenters. The number of hydrogen-bond acceptors (Lipinski definition) is 5. The molecule has 0 aliphatic carbocycles. The van der Waals surface area contributed by atoms with Crippen LogP contribution in [0.2, 0.25) is 0 Å². The lowest BCUT2D eigenvalue weighted by molar-refractivity contribution is -0.390. The van der Waals surface area contributed by atoms with Gasteiger partial charge in [-0.1, -0.05) is 0 Å². The third-order valence-corrected chi connectivity index (χ3v) is 1.76. The molecule has 1 aromatic heterocycles. The average molecular weight is 218 g/mol. The highest BCUT2D eigenvalue weighted by molar-refractivity contribution is 5.55. The molecule has 0 saturated carbocycles. The van der Waals surface area contributed by atoms with Gasteiger partial charge in [-0.05, 0) is 9.91 Å². The highest BCUT2D eigenvalue weighted by Crippen LogP contribution is 2.27. The average Bonchev–Trinajstić information content (AvgIpc) is 2.16. The molecule has 0 saturated heterocycles. The predicted octanol–water partition coefficient (Wildman–Crippen LogP) is 0.968. The zero-order valence-corrected chi connectivity index (χ0v) is 7.48. The highest BCUT2D eigenvalue weighted by atomic mass is 19.3. The summed E-state index contributed by atoms with van der Waals surface area (Å²) in [5, 5.41) is 10.5. The number of hydrogen-bond donors (Lipinski definition) is 2. The standard InChI is InChI=1S/C7H8F2N4O2/c8-6(9)5-1-4(11)3(2-10)7(12-5)13(14)15/h1,6H,2,10H2,(H2,11,12). The van der Waals surface area contributed by atoms with Crippen molar-refractivity contribution < 1.29 is 13.7 Å². The number of anilines is 1. The summed E-state index contributed by atoms with van der Waals surface area (Å²) in [7, 11) is 0. The van der Waals surface area contributed by atoms with Crippen LogP contribution in [0, 0.1) is 10.1 Å². The van der Waals surface area contributed by atoms with Crippen LogP contribution in [0.5, 0.6) is 0 Å². The molecule has 0 unspecified atom stereocenters. The molecule has 0 spiro atoms. The van der Waals surface area contributed by atoms with Gasteiger partial charge in [-0.3, -0.25) is 0 Å². The third-order valence-electron chi connectivity index (χ3n) is 1.76. The first-order valence-electron chi connectivity index (χ1n) is 3.89.